The van der Waals surface area contributed by atoms with Crippen molar-refractivity contribution in [2.75, 3.05) is 57.3 Å². The van der Waals surface area contributed by atoms with Gasteiger partial charge in [-0.25, -0.2) is 0 Å². The second-order valence-electron chi connectivity index (χ2n) is 10.5. The molecule has 3 aromatic rings. The summed E-state index contributed by atoms with van der Waals surface area (Å²) in [6.07, 6.45) is 5.12. The van der Waals surface area contributed by atoms with E-state index in [-0.39, 0.29) is 11.8 Å². The summed E-state index contributed by atoms with van der Waals surface area (Å²) < 4.78 is 12.1. The second-order valence-corrected chi connectivity index (χ2v) is 10.5. The van der Waals surface area contributed by atoms with Gasteiger partial charge < -0.3 is 24.2 Å². The van der Waals surface area contributed by atoms with Gasteiger partial charge in [-0.2, -0.15) is 0 Å². The summed E-state index contributed by atoms with van der Waals surface area (Å²) in [5.41, 5.74) is 3.08. The monoisotopic (exact) mass is 511 g/mol. The van der Waals surface area contributed by atoms with Crippen LogP contribution in [0.25, 0.3) is 0 Å². The highest BCUT2D eigenvalue weighted by molar-refractivity contribution is 5.90. The Bertz CT molecular complexity index is 1190. The zero-order valence-corrected chi connectivity index (χ0v) is 22.1. The number of fused-ring (bicyclic) bond motifs is 2. The van der Waals surface area contributed by atoms with Crippen LogP contribution in [0.3, 0.4) is 0 Å². The number of anilines is 1. The molecule has 0 spiro atoms. The molecule has 38 heavy (non-hydrogen) atoms. The van der Waals surface area contributed by atoms with E-state index in [0.717, 1.165) is 61.0 Å². The highest BCUT2D eigenvalue weighted by atomic mass is 16.5. The lowest BCUT2D eigenvalue weighted by Crippen LogP contribution is -2.50. The number of benzene rings is 3. The van der Waals surface area contributed by atoms with Crippen LogP contribution in [-0.2, 0) is 4.79 Å². The molecule has 1 amide bonds. The first-order valence-electron chi connectivity index (χ1n) is 14.1. The van der Waals surface area contributed by atoms with E-state index in [1.807, 2.05) is 53.4 Å². The van der Waals surface area contributed by atoms with Crippen LogP contribution in [-0.4, -0.2) is 68.1 Å². The van der Waals surface area contributed by atoms with Crippen LogP contribution in [0, 0.1) is 0 Å². The Kier molecular flexibility index (Phi) is 7.49. The van der Waals surface area contributed by atoms with Crippen molar-refractivity contribution in [3.63, 3.8) is 0 Å². The lowest BCUT2D eigenvalue weighted by Gasteiger charge is -2.38. The van der Waals surface area contributed by atoms with Gasteiger partial charge in [-0.1, -0.05) is 42.8 Å². The third-order valence-electron chi connectivity index (χ3n) is 8.06. The smallest absolute Gasteiger partial charge is 0.234 e. The summed E-state index contributed by atoms with van der Waals surface area (Å²) in [6, 6.07) is 24.2. The van der Waals surface area contributed by atoms with Gasteiger partial charge in [-0.3, -0.25) is 4.79 Å². The van der Waals surface area contributed by atoms with Crippen molar-refractivity contribution in [3.8, 4) is 17.2 Å². The standard InChI is InChI=1S/C32H37N3O3/c36-32(31-27-9-2-4-11-29(27)38-30-12-5-3-10-28(30)31)35-22-20-34(21-23-35)25-13-15-26(16-14-25)37-24-8-19-33-17-6-1-7-18-33/h2-5,9-16,31H,1,6-8,17-24H2. The molecule has 0 N–H and O–H groups in total. The molecule has 3 aliphatic heterocycles. The maximum absolute atomic E-state index is 13.8. The maximum atomic E-state index is 13.8. The van der Waals surface area contributed by atoms with Crippen molar-refractivity contribution in [3.05, 3.63) is 83.9 Å². The number of amides is 1. The van der Waals surface area contributed by atoms with Crippen LogP contribution in [0.2, 0.25) is 0 Å². The predicted molar refractivity (Wildman–Crippen MR) is 150 cm³/mol. The number of hydrogen-bond acceptors (Lipinski definition) is 5. The quantitative estimate of drug-likeness (QED) is 0.391. The number of likely N-dealkylation sites (tertiary alicyclic amines) is 1. The normalized spacial score (nSPS) is 17.9. The molecule has 0 aliphatic carbocycles. The molecule has 3 heterocycles. The lowest BCUT2D eigenvalue weighted by atomic mass is 9.86. The SMILES string of the molecule is O=C(C1c2ccccc2Oc2ccccc21)N1CCN(c2ccc(OCCCN3CCCCC3)cc2)CC1. The average molecular weight is 512 g/mol. The fraction of sp³-hybridized carbons (Fsp3) is 0.406. The van der Waals surface area contributed by atoms with Crippen molar-refractivity contribution in [1.29, 1.82) is 0 Å². The highest BCUT2D eigenvalue weighted by Gasteiger charge is 2.36. The first-order chi connectivity index (χ1) is 18.8. The van der Waals surface area contributed by atoms with Gasteiger partial charge in [0.15, 0.2) is 0 Å². The number of carbonyl (C=O) groups excluding carboxylic acids is 1. The average Bonchev–Trinajstić information content (AvgIpc) is 2.99. The van der Waals surface area contributed by atoms with Crippen LogP contribution < -0.4 is 14.4 Å². The fourth-order valence-electron chi connectivity index (χ4n) is 5.96. The molecule has 0 atom stereocenters. The van der Waals surface area contributed by atoms with Crippen LogP contribution in [0.15, 0.2) is 72.8 Å². The largest absolute Gasteiger partial charge is 0.494 e. The van der Waals surface area contributed by atoms with E-state index in [9.17, 15) is 4.79 Å². The molecule has 198 valence electrons. The van der Waals surface area contributed by atoms with E-state index >= 15 is 0 Å². The van der Waals surface area contributed by atoms with Gasteiger partial charge in [0.25, 0.3) is 0 Å². The number of para-hydroxylation sites is 2. The van der Waals surface area contributed by atoms with E-state index in [0.29, 0.717) is 13.1 Å². The fourth-order valence-corrected chi connectivity index (χ4v) is 5.96. The molecule has 3 aromatic carbocycles. The van der Waals surface area contributed by atoms with Crippen molar-refractivity contribution >= 4 is 11.6 Å². The third-order valence-corrected chi connectivity index (χ3v) is 8.06. The minimum Gasteiger partial charge on any atom is -0.494 e. The van der Waals surface area contributed by atoms with E-state index < -0.39 is 0 Å². The molecule has 3 aliphatic rings. The lowest BCUT2D eigenvalue weighted by molar-refractivity contribution is -0.132. The molecule has 2 saturated heterocycles. The van der Waals surface area contributed by atoms with Gasteiger partial charge >= 0.3 is 0 Å². The van der Waals surface area contributed by atoms with Gasteiger partial charge in [-0.15, -0.1) is 0 Å². The predicted octanol–water partition coefficient (Wildman–Crippen LogP) is 5.53. The molecule has 0 unspecified atom stereocenters. The molecule has 0 saturated carbocycles. The number of ether oxygens (including phenoxy) is 2. The first-order valence-corrected chi connectivity index (χ1v) is 14.1. The van der Waals surface area contributed by atoms with Crippen LogP contribution in [0.4, 0.5) is 5.69 Å². The Morgan fingerprint density at radius 2 is 1.39 bits per heavy atom. The minimum atomic E-state index is -0.325. The number of piperidine rings is 1. The Morgan fingerprint density at radius 3 is 2.05 bits per heavy atom. The molecule has 0 radical (unpaired) electrons. The Balaban J connectivity index is 1.03. The molecule has 6 heteroatoms. The van der Waals surface area contributed by atoms with Gasteiger partial charge in [0.2, 0.25) is 5.91 Å². The summed E-state index contributed by atoms with van der Waals surface area (Å²) in [7, 11) is 0. The van der Waals surface area contributed by atoms with Crippen LogP contribution >= 0.6 is 0 Å². The van der Waals surface area contributed by atoms with Gasteiger partial charge in [0.05, 0.1) is 12.5 Å². The first kappa shape index (κ1) is 24.8. The van der Waals surface area contributed by atoms with Crippen LogP contribution in [0.5, 0.6) is 17.2 Å². The summed E-state index contributed by atoms with van der Waals surface area (Å²) in [5, 5.41) is 0. The molecule has 2 fully saturated rings. The second kappa shape index (κ2) is 11.5. The molecule has 0 bridgehead atoms. The summed E-state index contributed by atoms with van der Waals surface area (Å²) in [6.45, 7) is 7.40. The van der Waals surface area contributed by atoms with E-state index in [2.05, 4.69) is 34.1 Å². The van der Waals surface area contributed by atoms with Crippen molar-refractivity contribution < 1.29 is 14.3 Å². The van der Waals surface area contributed by atoms with Gasteiger partial charge in [0.1, 0.15) is 17.2 Å². The highest BCUT2D eigenvalue weighted by Crippen LogP contribution is 2.44. The van der Waals surface area contributed by atoms with Crippen molar-refractivity contribution in [1.82, 2.24) is 9.80 Å². The van der Waals surface area contributed by atoms with E-state index in [1.54, 1.807) is 0 Å². The van der Waals surface area contributed by atoms with Crippen molar-refractivity contribution in [2.24, 2.45) is 0 Å². The molecule has 0 aromatic heterocycles. The Morgan fingerprint density at radius 1 is 0.763 bits per heavy atom. The van der Waals surface area contributed by atoms with Gasteiger partial charge in [0, 0.05) is 49.5 Å². The zero-order chi connectivity index (χ0) is 25.7. The minimum absolute atomic E-state index is 0.154. The number of carbonyl (C=O) groups is 1. The third kappa shape index (κ3) is 5.37. The number of piperazine rings is 1. The Hall–Kier alpha value is -3.51. The zero-order valence-electron chi connectivity index (χ0n) is 22.1. The van der Waals surface area contributed by atoms with Gasteiger partial charge in [-0.05, 0) is 68.8 Å². The molecular weight excluding hydrogens is 474 g/mol. The summed E-state index contributed by atoms with van der Waals surface area (Å²) in [5.74, 6) is 2.31. The number of nitrogens with zero attached hydrogens (tertiary/aromatic N) is 3. The summed E-state index contributed by atoms with van der Waals surface area (Å²) in [4.78, 5) is 20.8. The number of rotatable bonds is 7. The molecular formula is C32H37N3O3. The maximum Gasteiger partial charge on any atom is 0.234 e. The molecule has 6 nitrogen and oxygen atoms in total. The topological polar surface area (TPSA) is 45.3 Å². The van der Waals surface area contributed by atoms with E-state index in [4.69, 9.17) is 9.47 Å². The molecule has 6 rings (SSSR count). The Labute approximate surface area is 225 Å². The number of hydrogen-bond donors (Lipinski definition) is 0. The summed E-state index contributed by atoms with van der Waals surface area (Å²) >= 11 is 0. The van der Waals surface area contributed by atoms with E-state index in [1.165, 1.54) is 38.0 Å². The van der Waals surface area contributed by atoms with Crippen molar-refractivity contribution in [2.45, 2.75) is 31.6 Å². The van der Waals surface area contributed by atoms with Crippen LogP contribution in [0.1, 0.15) is 42.7 Å².